The Labute approximate surface area is 122 Å². The number of hydrogen-bond donors (Lipinski definition) is 2. The van der Waals surface area contributed by atoms with Crippen molar-refractivity contribution in [1.82, 2.24) is 9.71 Å². The smallest absolute Gasteiger partial charge is 0.240 e. The van der Waals surface area contributed by atoms with Gasteiger partial charge in [-0.25, -0.2) is 18.1 Å². The zero-order valence-electron chi connectivity index (χ0n) is 10.4. The van der Waals surface area contributed by atoms with Gasteiger partial charge in [-0.05, 0) is 17.7 Å². The molecule has 0 aliphatic rings. The summed E-state index contributed by atoms with van der Waals surface area (Å²) < 4.78 is 26.4. The molecule has 0 bridgehead atoms. The van der Waals surface area contributed by atoms with Crippen molar-refractivity contribution in [2.45, 2.75) is 11.0 Å². The van der Waals surface area contributed by atoms with Gasteiger partial charge in [0.25, 0.3) is 0 Å². The Kier molecular flexibility index (Phi) is 4.72. The fourth-order valence-corrected chi connectivity index (χ4v) is 2.91. The van der Waals surface area contributed by atoms with Gasteiger partial charge in [0, 0.05) is 12.7 Å². The minimum atomic E-state index is -3.72. The summed E-state index contributed by atoms with van der Waals surface area (Å²) in [6.07, 6.45) is 0.396. The second-order valence-electron chi connectivity index (χ2n) is 4.09. The number of aliphatic hydroxyl groups is 1. The van der Waals surface area contributed by atoms with Crippen molar-refractivity contribution in [2.24, 2.45) is 0 Å². The van der Waals surface area contributed by atoms with Crippen molar-refractivity contribution in [3.8, 4) is 0 Å². The van der Waals surface area contributed by atoms with E-state index in [1.54, 1.807) is 24.3 Å². The number of pyridine rings is 1. The number of sulfonamides is 1. The first-order valence-corrected chi connectivity index (χ1v) is 7.69. The van der Waals surface area contributed by atoms with Crippen LogP contribution >= 0.6 is 11.6 Å². The van der Waals surface area contributed by atoms with Gasteiger partial charge < -0.3 is 5.11 Å². The van der Waals surface area contributed by atoms with E-state index in [1.165, 1.54) is 18.3 Å². The number of benzene rings is 1. The van der Waals surface area contributed by atoms with E-state index in [4.69, 9.17) is 11.6 Å². The summed E-state index contributed by atoms with van der Waals surface area (Å²) in [5.41, 5.74) is 0.642. The average Bonchev–Trinajstić information content (AvgIpc) is 2.46. The lowest BCUT2D eigenvalue weighted by Gasteiger charge is -2.12. The van der Waals surface area contributed by atoms with Gasteiger partial charge in [0.05, 0.1) is 11.0 Å². The molecule has 20 heavy (non-hydrogen) atoms. The zero-order chi connectivity index (χ0) is 14.6. The van der Waals surface area contributed by atoms with E-state index < -0.39 is 16.1 Å². The fraction of sp³-hybridized carbons (Fsp3) is 0.154. The first-order valence-electron chi connectivity index (χ1n) is 5.83. The monoisotopic (exact) mass is 312 g/mol. The van der Waals surface area contributed by atoms with Gasteiger partial charge in [0.15, 0.2) is 0 Å². The molecule has 2 rings (SSSR count). The Morgan fingerprint density at radius 2 is 1.95 bits per heavy atom. The number of aromatic nitrogens is 1. The molecular weight excluding hydrogens is 300 g/mol. The molecule has 0 fully saturated rings. The van der Waals surface area contributed by atoms with Crippen LogP contribution in [0.3, 0.4) is 0 Å². The predicted octanol–water partition coefficient (Wildman–Crippen LogP) is 1.75. The van der Waals surface area contributed by atoms with E-state index in [-0.39, 0.29) is 16.6 Å². The summed E-state index contributed by atoms with van der Waals surface area (Å²) in [6.45, 7) is -0.119. The van der Waals surface area contributed by atoms with Gasteiger partial charge in [-0.15, -0.1) is 0 Å². The van der Waals surface area contributed by atoms with Crippen LogP contribution in [0.15, 0.2) is 53.6 Å². The molecule has 2 N–H and O–H groups in total. The van der Waals surface area contributed by atoms with Gasteiger partial charge in [-0.1, -0.05) is 41.9 Å². The molecule has 0 aliphatic heterocycles. The molecular formula is C13H13ClN2O3S. The summed E-state index contributed by atoms with van der Waals surface area (Å²) >= 11 is 5.66. The Morgan fingerprint density at radius 3 is 2.60 bits per heavy atom. The van der Waals surface area contributed by atoms with Gasteiger partial charge in [-0.2, -0.15) is 0 Å². The van der Waals surface area contributed by atoms with Crippen molar-refractivity contribution in [1.29, 1.82) is 0 Å². The standard InChI is InChI=1S/C13H13ClN2O3S/c14-13-8-11(6-7-15-13)20(18,19)16-9-12(17)10-4-2-1-3-5-10/h1-8,12,16-17H,9H2. The summed E-state index contributed by atoms with van der Waals surface area (Å²) in [5.74, 6) is 0. The maximum atomic E-state index is 12.0. The molecule has 1 aromatic heterocycles. The molecule has 1 heterocycles. The van der Waals surface area contributed by atoms with Gasteiger partial charge in [0.2, 0.25) is 10.0 Å². The van der Waals surface area contributed by atoms with Crippen molar-refractivity contribution >= 4 is 21.6 Å². The van der Waals surface area contributed by atoms with Crippen LogP contribution < -0.4 is 4.72 Å². The van der Waals surface area contributed by atoms with E-state index in [1.807, 2.05) is 6.07 Å². The summed E-state index contributed by atoms with van der Waals surface area (Å²) in [5, 5.41) is 10.0. The number of rotatable bonds is 5. The molecule has 0 amide bonds. The first-order chi connectivity index (χ1) is 9.49. The van der Waals surface area contributed by atoms with Crippen molar-refractivity contribution in [3.63, 3.8) is 0 Å². The second-order valence-corrected chi connectivity index (χ2v) is 6.25. The van der Waals surface area contributed by atoms with Crippen molar-refractivity contribution in [3.05, 3.63) is 59.4 Å². The summed E-state index contributed by atoms with van der Waals surface area (Å²) in [4.78, 5) is 3.73. The van der Waals surface area contributed by atoms with Gasteiger partial charge in [-0.3, -0.25) is 0 Å². The predicted molar refractivity (Wildman–Crippen MR) is 75.8 cm³/mol. The molecule has 0 spiro atoms. The molecule has 1 aromatic carbocycles. The molecule has 1 unspecified atom stereocenters. The SMILES string of the molecule is O=S(=O)(NCC(O)c1ccccc1)c1ccnc(Cl)c1. The van der Waals surface area contributed by atoms with Crippen LogP contribution in [-0.2, 0) is 10.0 Å². The van der Waals surface area contributed by atoms with Crippen LogP contribution in [0.4, 0.5) is 0 Å². The Morgan fingerprint density at radius 1 is 1.25 bits per heavy atom. The molecule has 0 saturated carbocycles. The fourth-order valence-electron chi connectivity index (χ4n) is 1.62. The van der Waals surface area contributed by atoms with E-state index in [2.05, 4.69) is 9.71 Å². The summed E-state index contributed by atoms with van der Waals surface area (Å²) in [6, 6.07) is 11.4. The summed E-state index contributed by atoms with van der Waals surface area (Å²) in [7, 11) is -3.72. The third kappa shape index (κ3) is 3.77. The van der Waals surface area contributed by atoms with Crippen molar-refractivity contribution in [2.75, 3.05) is 6.54 Å². The van der Waals surface area contributed by atoms with E-state index >= 15 is 0 Å². The normalized spacial score (nSPS) is 13.1. The van der Waals surface area contributed by atoms with Crippen LogP contribution in [0, 0.1) is 0 Å². The van der Waals surface area contributed by atoms with Gasteiger partial charge >= 0.3 is 0 Å². The highest BCUT2D eigenvalue weighted by molar-refractivity contribution is 7.89. The average molecular weight is 313 g/mol. The lowest BCUT2D eigenvalue weighted by atomic mass is 10.1. The molecule has 5 nitrogen and oxygen atoms in total. The maximum Gasteiger partial charge on any atom is 0.240 e. The Bertz CT molecular complexity index is 677. The molecule has 2 aromatic rings. The third-order valence-electron chi connectivity index (χ3n) is 2.66. The lowest BCUT2D eigenvalue weighted by Crippen LogP contribution is -2.28. The highest BCUT2D eigenvalue weighted by Gasteiger charge is 2.17. The van der Waals surface area contributed by atoms with Crippen LogP contribution in [-0.4, -0.2) is 25.1 Å². The minimum Gasteiger partial charge on any atom is -0.387 e. The first kappa shape index (κ1) is 14.9. The van der Waals surface area contributed by atoms with E-state index in [0.717, 1.165) is 0 Å². The number of nitrogens with zero attached hydrogens (tertiary/aromatic N) is 1. The van der Waals surface area contributed by atoms with E-state index in [9.17, 15) is 13.5 Å². The van der Waals surface area contributed by atoms with Crippen LogP contribution in [0.25, 0.3) is 0 Å². The third-order valence-corrected chi connectivity index (χ3v) is 4.29. The second kappa shape index (κ2) is 6.32. The lowest BCUT2D eigenvalue weighted by molar-refractivity contribution is 0.182. The van der Waals surface area contributed by atoms with Crippen LogP contribution in [0.1, 0.15) is 11.7 Å². The quantitative estimate of drug-likeness (QED) is 0.824. The van der Waals surface area contributed by atoms with E-state index in [0.29, 0.717) is 5.56 Å². The maximum absolute atomic E-state index is 12.0. The largest absolute Gasteiger partial charge is 0.387 e. The highest BCUT2D eigenvalue weighted by Crippen LogP contribution is 2.15. The molecule has 0 radical (unpaired) electrons. The van der Waals surface area contributed by atoms with Crippen LogP contribution in [0.5, 0.6) is 0 Å². The van der Waals surface area contributed by atoms with Gasteiger partial charge in [0.1, 0.15) is 5.15 Å². The molecule has 1 atom stereocenters. The zero-order valence-corrected chi connectivity index (χ0v) is 12.0. The Hall–Kier alpha value is -1.47. The number of hydrogen-bond acceptors (Lipinski definition) is 4. The highest BCUT2D eigenvalue weighted by atomic mass is 35.5. The molecule has 0 aliphatic carbocycles. The molecule has 0 saturated heterocycles. The Balaban J connectivity index is 2.07. The number of halogens is 1. The topological polar surface area (TPSA) is 79.3 Å². The number of aliphatic hydroxyl groups excluding tert-OH is 1. The minimum absolute atomic E-state index is 0.0118. The molecule has 106 valence electrons. The molecule has 7 heteroatoms. The van der Waals surface area contributed by atoms with Crippen molar-refractivity contribution < 1.29 is 13.5 Å². The van der Waals surface area contributed by atoms with Crippen LogP contribution in [0.2, 0.25) is 5.15 Å². The number of nitrogens with one attached hydrogen (secondary N) is 1.